The maximum absolute atomic E-state index is 11.6. The Labute approximate surface area is 150 Å². The quantitative estimate of drug-likeness (QED) is 0.441. The van der Waals surface area contributed by atoms with E-state index >= 15 is 0 Å². The summed E-state index contributed by atoms with van der Waals surface area (Å²) in [6.45, 7) is 0.834. The number of carbonyl (C=O) groups is 2. The van der Waals surface area contributed by atoms with Crippen LogP contribution in [0.15, 0.2) is 24.4 Å². The molecule has 132 valence electrons. The first-order chi connectivity index (χ1) is 11.8. The molecule has 11 heteroatoms. The molecule has 0 aliphatic carbocycles. The number of aromatic nitrogens is 1. The average molecular weight is 386 g/mol. The second-order valence-corrected chi connectivity index (χ2v) is 6.11. The Hall–Kier alpha value is -2.72. The van der Waals surface area contributed by atoms with Gasteiger partial charge in [0.2, 0.25) is 0 Å². The van der Waals surface area contributed by atoms with Crippen molar-refractivity contribution in [2.45, 2.75) is 6.92 Å². The molecule has 0 saturated carbocycles. The summed E-state index contributed by atoms with van der Waals surface area (Å²) in [6.07, 6.45) is 1.02. The van der Waals surface area contributed by atoms with Crippen molar-refractivity contribution in [3.8, 4) is 5.75 Å². The number of amides is 1. The minimum absolute atomic E-state index is 0.0424. The topological polar surface area (TPSA) is 121 Å². The molecule has 1 aromatic carbocycles. The molecule has 0 spiro atoms. The van der Waals surface area contributed by atoms with Crippen LogP contribution in [0.4, 0.5) is 10.1 Å². The Morgan fingerprint density at radius 2 is 2.16 bits per heavy atom. The molecule has 0 unspecified atom stereocenters. The molecule has 0 saturated heterocycles. The van der Waals surface area contributed by atoms with Crippen molar-refractivity contribution in [3.05, 3.63) is 45.1 Å². The van der Waals surface area contributed by atoms with E-state index in [2.05, 4.69) is 10.3 Å². The first-order valence-electron chi connectivity index (χ1n) is 6.80. The molecule has 0 bridgehead atoms. The molecule has 9 nitrogen and oxygen atoms in total. The predicted molar refractivity (Wildman–Crippen MR) is 90.0 cm³/mol. The number of carbonyl (C=O) groups excluding carboxylic acids is 2. The lowest BCUT2D eigenvalue weighted by Gasteiger charge is -2.09. The number of esters is 1. The van der Waals surface area contributed by atoms with Crippen LogP contribution < -0.4 is 10.1 Å². The number of halogens is 1. The number of thiazole rings is 1. The Morgan fingerprint density at radius 1 is 1.40 bits per heavy atom. The van der Waals surface area contributed by atoms with Gasteiger partial charge in [-0.05, 0) is 42.0 Å². The van der Waals surface area contributed by atoms with Gasteiger partial charge in [-0.1, -0.05) is 11.6 Å². The first-order valence-corrected chi connectivity index (χ1v) is 7.99. The Balaban J connectivity index is 1.75. The lowest BCUT2D eigenvalue weighted by atomic mass is 10.2. The van der Waals surface area contributed by atoms with Gasteiger partial charge in [-0.3, -0.25) is 20.2 Å². The van der Waals surface area contributed by atoms with Gasteiger partial charge in [0.05, 0.1) is 4.92 Å². The van der Waals surface area contributed by atoms with Gasteiger partial charge in [-0.15, -0.1) is 0 Å². The molecular formula is C14H12ClN3O6S. The van der Waals surface area contributed by atoms with E-state index in [1.807, 2.05) is 0 Å². The monoisotopic (exact) mass is 385 g/mol. The normalized spacial score (nSPS) is 10.2. The molecule has 1 heterocycles. The fourth-order valence-electron chi connectivity index (χ4n) is 1.66. The van der Waals surface area contributed by atoms with Crippen molar-refractivity contribution < 1.29 is 24.0 Å². The zero-order valence-electron chi connectivity index (χ0n) is 12.9. The summed E-state index contributed by atoms with van der Waals surface area (Å²) in [5.41, 5.74) is 0.753. The second kappa shape index (κ2) is 8.40. The number of aryl methyl sites for hydroxylation is 1. The number of benzene rings is 1. The van der Waals surface area contributed by atoms with Crippen molar-refractivity contribution in [3.63, 3.8) is 0 Å². The van der Waals surface area contributed by atoms with E-state index in [0.717, 1.165) is 11.8 Å². The third-order valence-corrected chi connectivity index (χ3v) is 3.87. The fraction of sp³-hybridized carbons (Fsp3) is 0.214. The third kappa shape index (κ3) is 5.69. The molecule has 0 fully saturated rings. The number of hydrogen-bond donors (Lipinski definition) is 1. The van der Waals surface area contributed by atoms with Gasteiger partial charge in [0.25, 0.3) is 5.91 Å². The van der Waals surface area contributed by atoms with Crippen LogP contribution in [-0.4, -0.2) is 35.0 Å². The lowest BCUT2D eigenvalue weighted by molar-refractivity contribution is -0.380. The average Bonchev–Trinajstić information content (AvgIpc) is 3.01. The van der Waals surface area contributed by atoms with Gasteiger partial charge < -0.3 is 9.47 Å². The van der Waals surface area contributed by atoms with Crippen LogP contribution in [0, 0.1) is 17.0 Å². The SMILES string of the molecule is Cc1cc(Cl)ccc1OCC(=O)OCC(=O)Nc1ncc([N+](=O)[O-])s1. The second-order valence-electron chi connectivity index (χ2n) is 4.67. The predicted octanol–water partition coefficient (Wildman–Crippen LogP) is 2.57. The summed E-state index contributed by atoms with van der Waals surface area (Å²) in [5.74, 6) is -0.934. The van der Waals surface area contributed by atoms with Crippen molar-refractivity contribution >= 4 is 44.9 Å². The Kier molecular flexibility index (Phi) is 6.25. The van der Waals surface area contributed by atoms with Crippen LogP contribution in [0.25, 0.3) is 0 Å². The van der Waals surface area contributed by atoms with Gasteiger partial charge in [0.1, 0.15) is 11.9 Å². The zero-order valence-corrected chi connectivity index (χ0v) is 14.4. The van der Waals surface area contributed by atoms with E-state index in [1.165, 1.54) is 0 Å². The van der Waals surface area contributed by atoms with Gasteiger partial charge >= 0.3 is 11.0 Å². The number of nitro groups is 1. The summed E-state index contributed by atoms with van der Waals surface area (Å²) in [7, 11) is 0. The molecule has 25 heavy (non-hydrogen) atoms. The molecule has 0 aliphatic rings. The molecule has 1 aromatic heterocycles. The van der Waals surface area contributed by atoms with Gasteiger partial charge in [0.15, 0.2) is 18.3 Å². The Bertz CT molecular complexity index is 810. The Morgan fingerprint density at radius 3 is 2.80 bits per heavy atom. The molecular weight excluding hydrogens is 374 g/mol. The molecule has 0 atom stereocenters. The van der Waals surface area contributed by atoms with Crippen LogP contribution in [0.5, 0.6) is 5.75 Å². The zero-order chi connectivity index (χ0) is 18.4. The van der Waals surface area contributed by atoms with Crippen molar-refractivity contribution in [1.82, 2.24) is 4.98 Å². The van der Waals surface area contributed by atoms with Crippen molar-refractivity contribution in [2.75, 3.05) is 18.5 Å². The first kappa shape index (κ1) is 18.6. The van der Waals surface area contributed by atoms with Gasteiger partial charge in [-0.2, -0.15) is 0 Å². The van der Waals surface area contributed by atoms with E-state index in [9.17, 15) is 19.7 Å². The molecule has 1 N–H and O–H groups in total. The van der Waals surface area contributed by atoms with E-state index in [1.54, 1.807) is 25.1 Å². The van der Waals surface area contributed by atoms with Crippen LogP contribution in [0.2, 0.25) is 5.02 Å². The number of anilines is 1. The number of ether oxygens (including phenoxy) is 2. The van der Waals surface area contributed by atoms with Crippen LogP contribution in [0.3, 0.4) is 0 Å². The summed E-state index contributed by atoms with van der Waals surface area (Å²) in [5, 5.41) is 13.2. The number of hydrogen-bond acceptors (Lipinski definition) is 8. The van der Waals surface area contributed by atoms with Gasteiger partial charge in [-0.25, -0.2) is 9.78 Å². The number of nitrogens with zero attached hydrogens (tertiary/aromatic N) is 2. The molecule has 0 radical (unpaired) electrons. The van der Waals surface area contributed by atoms with Gasteiger partial charge in [0, 0.05) is 5.02 Å². The van der Waals surface area contributed by atoms with Crippen LogP contribution in [-0.2, 0) is 14.3 Å². The smallest absolute Gasteiger partial charge is 0.345 e. The van der Waals surface area contributed by atoms with Crippen LogP contribution in [0.1, 0.15) is 5.56 Å². The molecule has 2 rings (SSSR count). The highest BCUT2D eigenvalue weighted by molar-refractivity contribution is 7.18. The standard InChI is InChI=1S/C14H12ClN3O6S/c1-8-4-9(15)2-3-10(8)23-7-13(20)24-6-11(19)17-14-16-5-12(25-14)18(21)22/h2-5H,6-7H2,1H3,(H,16,17,19). The van der Waals surface area contributed by atoms with E-state index in [-0.39, 0.29) is 16.7 Å². The van der Waals surface area contributed by atoms with Crippen molar-refractivity contribution in [1.29, 1.82) is 0 Å². The summed E-state index contributed by atoms with van der Waals surface area (Å²) in [4.78, 5) is 36.8. The number of rotatable bonds is 7. The summed E-state index contributed by atoms with van der Waals surface area (Å²) in [6, 6.07) is 4.92. The van der Waals surface area contributed by atoms with Crippen LogP contribution >= 0.6 is 22.9 Å². The fourth-order valence-corrected chi connectivity index (χ4v) is 2.54. The maximum atomic E-state index is 11.6. The minimum Gasteiger partial charge on any atom is -0.482 e. The molecule has 0 aliphatic heterocycles. The van der Waals surface area contributed by atoms with E-state index in [4.69, 9.17) is 21.1 Å². The largest absolute Gasteiger partial charge is 0.482 e. The maximum Gasteiger partial charge on any atom is 0.345 e. The van der Waals surface area contributed by atoms with E-state index in [0.29, 0.717) is 22.1 Å². The molecule has 2 aromatic rings. The highest BCUT2D eigenvalue weighted by Crippen LogP contribution is 2.24. The minimum atomic E-state index is -0.741. The summed E-state index contributed by atoms with van der Waals surface area (Å²) < 4.78 is 10.0. The van der Waals surface area contributed by atoms with Crippen molar-refractivity contribution in [2.24, 2.45) is 0 Å². The third-order valence-electron chi connectivity index (χ3n) is 2.77. The summed E-state index contributed by atoms with van der Waals surface area (Å²) >= 11 is 6.51. The lowest BCUT2D eigenvalue weighted by Crippen LogP contribution is -2.23. The number of nitrogens with one attached hydrogen (secondary N) is 1. The molecule has 1 amide bonds. The highest BCUT2D eigenvalue weighted by Gasteiger charge is 2.15. The van der Waals surface area contributed by atoms with E-state index < -0.39 is 23.4 Å². The highest BCUT2D eigenvalue weighted by atomic mass is 35.5.